The van der Waals surface area contributed by atoms with Crippen molar-refractivity contribution in [1.82, 2.24) is 4.57 Å². The molecule has 13 aromatic rings. The van der Waals surface area contributed by atoms with Gasteiger partial charge >= 0.3 is 0 Å². The lowest BCUT2D eigenvalue weighted by molar-refractivity contribution is 0.670. The topological polar surface area (TPSA) is 21.3 Å². The van der Waals surface area contributed by atoms with Crippen molar-refractivity contribution >= 4 is 60.8 Å². The van der Waals surface area contributed by atoms with E-state index in [9.17, 15) is 0 Å². The number of nitrogens with zero attached hydrogens (tertiary/aromatic N) is 2. The van der Waals surface area contributed by atoms with Gasteiger partial charge in [-0.05, 0) is 141 Å². The van der Waals surface area contributed by atoms with Gasteiger partial charge in [0.25, 0.3) is 0 Å². The number of rotatable bonds is 9. The Balaban J connectivity index is 0.897. The number of furan rings is 1. The number of aromatic nitrogens is 1. The highest BCUT2D eigenvalue weighted by molar-refractivity contribution is 6.11. The number of hydrogen-bond acceptors (Lipinski definition) is 2. The predicted octanol–water partition coefficient (Wildman–Crippen LogP) is 18.5. The summed E-state index contributed by atoms with van der Waals surface area (Å²) in [6.45, 7) is 0. The van der Waals surface area contributed by atoms with E-state index in [-0.39, 0.29) is 0 Å². The Morgan fingerprint density at radius 3 is 1.33 bits per heavy atom. The Labute approximate surface area is 401 Å². The van der Waals surface area contributed by atoms with E-state index < -0.39 is 0 Å². The van der Waals surface area contributed by atoms with E-state index >= 15 is 0 Å². The molecule has 0 aliphatic carbocycles. The quantitative estimate of drug-likeness (QED) is 0.144. The second-order valence-electron chi connectivity index (χ2n) is 17.7. The molecule has 0 spiro atoms. The van der Waals surface area contributed by atoms with Crippen molar-refractivity contribution in [2.45, 2.75) is 0 Å². The molecule has 0 unspecified atom stereocenters. The summed E-state index contributed by atoms with van der Waals surface area (Å²) in [6.07, 6.45) is 0. The van der Waals surface area contributed by atoms with Gasteiger partial charge in [-0.25, -0.2) is 0 Å². The van der Waals surface area contributed by atoms with Crippen molar-refractivity contribution in [3.63, 3.8) is 0 Å². The van der Waals surface area contributed by atoms with Crippen LogP contribution in [0.4, 0.5) is 17.1 Å². The molecular formula is C66H44N2O. The van der Waals surface area contributed by atoms with Gasteiger partial charge in [0, 0.05) is 49.9 Å². The molecule has 0 aliphatic rings. The number of anilines is 3. The fourth-order valence-electron chi connectivity index (χ4n) is 10.2. The lowest BCUT2D eigenvalue weighted by atomic mass is 9.93. The normalized spacial score (nSPS) is 11.5. The average Bonchev–Trinajstić information content (AvgIpc) is 3.98. The zero-order valence-corrected chi connectivity index (χ0v) is 37.7. The molecule has 324 valence electrons. The minimum atomic E-state index is 0.900. The highest BCUT2D eigenvalue weighted by atomic mass is 16.3. The fourth-order valence-corrected chi connectivity index (χ4v) is 10.2. The molecule has 0 N–H and O–H groups in total. The van der Waals surface area contributed by atoms with E-state index in [1.807, 2.05) is 12.1 Å². The maximum absolute atomic E-state index is 6.47. The number of hydrogen-bond donors (Lipinski definition) is 0. The summed E-state index contributed by atoms with van der Waals surface area (Å²) in [5.41, 5.74) is 20.2. The number of para-hydroxylation sites is 4. The van der Waals surface area contributed by atoms with Crippen molar-refractivity contribution in [1.29, 1.82) is 0 Å². The van der Waals surface area contributed by atoms with E-state index in [4.69, 9.17) is 4.42 Å². The van der Waals surface area contributed by atoms with Crippen molar-refractivity contribution in [3.05, 3.63) is 267 Å². The maximum atomic E-state index is 6.47. The van der Waals surface area contributed by atoms with E-state index in [0.29, 0.717) is 0 Å². The van der Waals surface area contributed by atoms with Crippen molar-refractivity contribution in [2.24, 2.45) is 0 Å². The van der Waals surface area contributed by atoms with Crippen LogP contribution in [0.5, 0.6) is 0 Å². The van der Waals surface area contributed by atoms with Gasteiger partial charge in [0.05, 0.1) is 11.0 Å². The standard InChI is InChI=1S/C66H44N2O/c1-4-15-45(16-5-1)51-41-52(46-17-6-2-7-18-46)43-53(42-51)48-29-36-56(37-30-48)67(57-38-31-49(32-39-57)58-23-14-24-61-60-22-11-13-26-65(60)69-66(58)61)55-34-27-47(28-35-55)50-33-40-64-62(44-50)59-21-10-12-25-63(59)68(64)54-19-8-3-9-20-54/h1-44H. The predicted molar refractivity (Wildman–Crippen MR) is 290 cm³/mol. The van der Waals surface area contributed by atoms with Gasteiger partial charge in [-0.3, -0.25) is 0 Å². The third kappa shape index (κ3) is 7.25. The van der Waals surface area contributed by atoms with Crippen LogP contribution in [-0.4, -0.2) is 4.57 Å². The van der Waals surface area contributed by atoms with Crippen molar-refractivity contribution in [2.75, 3.05) is 4.90 Å². The highest BCUT2D eigenvalue weighted by Crippen LogP contribution is 2.42. The first-order chi connectivity index (χ1) is 34.2. The SMILES string of the molecule is c1ccc(-c2cc(-c3ccccc3)cc(-c3ccc(N(c4ccc(-c5ccc6c(c5)c5ccccc5n6-c5ccccc5)cc4)c4ccc(-c5cccc6c5oc5ccccc56)cc4)cc3)c2)cc1. The molecule has 3 heteroatoms. The Bertz CT molecular complexity index is 3910. The molecule has 11 aromatic carbocycles. The first-order valence-electron chi connectivity index (χ1n) is 23.6. The summed E-state index contributed by atoms with van der Waals surface area (Å²) in [5.74, 6) is 0. The smallest absolute Gasteiger partial charge is 0.143 e. The van der Waals surface area contributed by atoms with E-state index in [1.54, 1.807) is 0 Å². The van der Waals surface area contributed by atoms with Crippen LogP contribution in [-0.2, 0) is 0 Å². The molecule has 0 saturated carbocycles. The minimum Gasteiger partial charge on any atom is -0.455 e. The lowest BCUT2D eigenvalue weighted by Crippen LogP contribution is -2.09. The van der Waals surface area contributed by atoms with Crippen LogP contribution < -0.4 is 4.90 Å². The van der Waals surface area contributed by atoms with Gasteiger partial charge in [0.1, 0.15) is 11.2 Å². The lowest BCUT2D eigenvalue weighted by Gasteiger charge is -2.26. The zero-order chi connectivity index (χ0) is 45.7. The van der Waals surface area contributed by atoms with Crippen LogP contribution in [0.2, 0.25) is 0 Å². The third-order valence-corrected chi connectivity index (χ3v) is 13.6. The first-order valence-corrected chi connectivity index (χ1v) is 23.6. The molecule has 0 saturated heterocycles. The van der Waals surface area contributed by atoms with Crippen molar-refractivity contribution in [3.8, 4) is 61.3 Å². The monoisotopic (exact) mass is 880 g/mol. The van der Waals surface area contributed by atoms with Crippen LogP contribution in [0, 0.1) is 0 Å². The molecule has 2 heterocycles. The van der Waals surface area contributed by atoms with E-state index in [2.05, 4.69) is 264 Å². The van der Waals surface area contributed by atoms with Gasteiger partial charge in [-0.15, -0.1) is 0 Å². The Hall–Kier alpha value is -9.18. The maximum Gasteiger partial charge on any atom is 0.143 e. The van der Waals surface area contributed by atoms with E-state index in [1.165, 1.54) is 55.2 Å². The molecule has 0 atom stereocenters. The molecule has 2 aromatic heterocycles. The second kappa shape index (κ2) is 16.9. The molecular weight excluding hydrogens is 837 g/mol. The molecule has 0 bridgehead atoms. The van der Waals surface area contributed by atoms with Gasteiger partial charge < -0.3 is 13.9 Å². The molecule has 13 rings (SSSR count). The fraction of sp³-hybridized carbons (Fsp3) is 0. The summed E-state index contributed by atoms with van der Waals surface area (Å²) in [6, 6.07) is 96.1. The number of fused-ring (bicyclic) bond motifs is 6. The van der Waals surface area contributed by atoms with Crippen LogP contribution >= 0.6 is 0 Å². The molecule has 0 amide bonds. The molecule has 0 radical (unpaired) electrons. The van der Waals surface area contributed by atoms with Gasteiger partial charge in [0.15, 0.2) is 0 Å². The second-order valence-corrected chi connectivity index (χ2v) is 17.7. The zero-order valence-electron chi connectivity index (χ0n) is 37.7. The van der Waals surface area contributed by atoms with Gasteiger partial charge in [-0.1, -0.05) is 176 Å². The largest absolute Gasteiger partial charge is 0.455 e. The Kier molecular flexibility index (Phi) is 9.84. The molecule has 69 heavy (non-hydrogen) atoms. The minimum absolute atomic E-state index is 0.900. The summed E-state index contributed by atoms with van der Waals surface area (Å²) < 4.78 is 8.84. The van der Waals surface area contributed by atoms with Crippen molar-refractivity contribution < 1.29 is 4.42 Å². The van der Waals surface area contributed by atoms with Crippen LogP contribution in [0.3, 0.4) is 0 Å². The summed E-state index contributed by atoms with van der Waals surface area (Å²) >= 11 is 0. The van der Waals surface area contributed by atoms with Crippen LogP contribution in [0.1, 0.15) is 0 Å². The average molecular weight is 881 g/mol. The summed E-state index contributed by atoms with van der Waals surface area (Å²) in [5, 5.41) is 4.74. The molecule has 0 fully saturated rings. The summed E-state index contributed by atoms with van der Waals surface area (Å²) in [4.78, 5) is 2.35. The van der Waals surface area contributed by atoms with E-state index in [0.717, 1.165) is 66.9 Å². The highest BCUT2D eigenvalue weighted by Gasteiger charge is 2.18. The van der Waals surface area contributed by atoms with Crippen LogP contribution in [0.25, 0.3) is 105 Å². The Morgan fingerprint density at radius 1 is 0.275 bits per heavy atom. The first kappa shape index (κ1) is 40.1. The molecule has 3 nitrogen and oxygen atoms in total. The third-order valence-electron chi connectivity index (χ3n) is 13.6. The number of benzene rings is 11. The Morgan fingerprint density at radius 2 is 0.725 bits per heavy atom. The van der Waals surface area contributed by atoms with Crippen LogP contribution in [0.15, 0.2) is 271 Å². The summed E-state index contributed by atoms with van der Waals surface area (Å²) in [7, 11) is 0. The molecule has 0 aliphatic heterocycles. The van der Waals surface area contributed by atoms with Gasteiger partial charge in [0.2, 0.25) is 0 Å². The van der Waals surface area contributed by atoms with Gasteiger partial charge in [-0.2, -0.15) is 0 Å².